The fourth-order valence-corrected chi connectivity index (χ4v) is 7.04. The summed E-state index contributed by atoms with van der Waals surface area (Å²) in [5.41, 5.74) is 4.31. The van der Waals surface area contributed by atoms with E-state index in [0.29, 0.717) is 23.1 Å². The molecule has 0 unspecified atom stereocenters. The smallest absolute Gasteiger partial charge is 0.289 e. The van der Waals surface area contributed by atoms with Gasteiger partial charge in [0, 0.05) is 40.6 Å². The molecule has 0 saturated heterocycles. The summed E-state index contributed by atoms with van der Waals surface area (Å²) in [5, 5.41) is 14.5. The molecule has 6 rings (SSSR count). The van der Waals surface area contributed by atoms with E-state index < -0.39 is 43.4 Å². The molecule has 0 aliphatic heterocycles. The largest absolute Gasteiger partial charge is 0.342 e. The third-order valence-corrected chi connectivity index (χ3v) is 10.3. The van der Waals surface area contributed by atoms with Gasteiger partial charge in [0.1, 0.15) is 11.1 Å². The van der Waals surface area contributed by atoms with E-state index in [9.17, 15) is 28.1 Å². The molecule has 0 fully saturated rings. The minimum absolute atomic E-state index is 0.0481. The molecule has 50 heavy (non-hydrogen) atoms. The van der Waals surface area contributed by atoms with E-state index in [0.717, 1.165) is 44.9 Å². The molecule has 2 amide bonds. The van der Waals surface area contributed by atoms with Gasteiger partial charge < -0.3 is 9.88 Å². The van der Waals surface area contributed by atoms with Gasteiger partial charge in [0.05, 0.1) is 15.4 Å². The van der Waals surface area contributed by atoms with Crippen molar-refractivity contribution in [1.82, 2.24) is 14.6 Å². The number of amides is 2. The molecule has 6 aromatic rings. The third kappa shape index (κ3) is 7.78. The summed E-state index contributed by atoms with van der Waals surface area (Å²) >= 11 is 9.23. The number of carbonyl (C=O) groups is 2. The number of nitro groups is 1. The minimum Gasteiger partial charge on any atom is -0.342 e. The van der Waals surface area contributed by atoms with Crippen LogP contribution in [-0.2, 0) is 27.8 Å². The Morgan fingerprint density at radius 3 is 2.18 bits per heavy atom. The van der Waals surface area contributed by atoms with Gasteiger partial charge in [-0.15, -0.1) is 0 Å². The Kier molecular flexibility index (Phi) is 10.1. The number of rotatable bonds is 11. The SMILES string of the molecule is O=C(N[C@@H](Cc1ccc(Br)cc1)C(=O)NS(=O)(=O)c1ccc(Cl)c([N+](=O)[O-])c1)c1cn(Cc2ccc(-c3ccccc3)cc2)c2ccccc12. The van der Waals surface area contributed by atoms with Gasteiger partial charge in [-0.3, -0.25) is 19.7 Å². The van der Waals surface area contributed by atoms with Gasteiger partial charge in [0.15, 0.2) is 0 Å². The third-order valence-electron chi connectivity index (χ3n) is 8.08. The number of nitrogens with one attached hydrogen (secondary N) is 2. The molecule has 1 atom stereocenters. The van der Waals surface area contributed by atoms with Crippen molar-refractivity contribution in [2.45, 2.75) is 23.9 Å². The number of para-hydroxylation sites is 1. The van der Waals surface area contributed by atoms with E-state index >= 15 is 0 Å². The Morgan fingerprint density at radius 2 is 1.48 bits per heavy atom. The summed E-state index contributed by atoms with van der Waals surface area (Å²) in [5.74, 6) is -1.61. The molecule has 5 aromatic carbocycles. The van der Waals surface area contributed by atoms with Crippen LogP contribution in [-0.4, -0.2) is 35.8 Å². The Labute approximate surface area is 301 Å². The van der Waals surface area contributed by atoms with Crippen molar-refractivity contribution < 1.29 is 22.9 Å². The Morgan fingerprint density at radius 1 is 0.840 bits per heavy atom. The molecular formula is C37H28BrClN4O6S. The zero-order valence-corrected chi connectivity index (χ0v) is 29.3. The number of halogens is 2. The van der Waals surface area contributed by atoms with Crippen LogP contribution in [0.1, 0.15) is 21.5 Å². The van der Waals surface area contributed by atoms with Gasteiger partial charge in [-0.25, -0.2) is 13.1 Å². The highest BCUT2D eigenvalue weighted by Gasteiger charge is 2.29. The van der Waals surface area contributed by atoms with Crippen molar-refractivity contribution in [3.05, 3.63) is 164 Å². The van der Waals surface area contributed by atoms with Gasteiger partial charge in [0.25, 0.3) is 27.5 Å². The predicted octanol–water partition coefficient (Wildman–Crippen LogP) is 7.53. The summed E-state index contributed by atoms with van der Waals surface area (Å²) in [7, 11) is -4.59. The van der Waals surface area contributed by atoms with Crippen LogP contribution in [0.15, 0.2) is 137 Å². The molecule has 0 saturated carbocycles. The zero-order chi connectivity index (χ0) is 35.4. The molecule has 13 heteroatoms. The van der Waals surface area contributed by atoms with Crippen LogP contribution in [0.4, 0.5) is 5.69 Å². The summed E-state index contributed by atoms with van der Waals surface area (Å²) < 4.78 is 31.2. The van der Waals surface area contributed by atoms with Gasteiger partial charge in [-0.2, -0.15) is 0 Å². The van der Waals surface area contributed by atoms with Crippen molar-refractivity contribution in [3.63, 3.8) is 0 Å². The van der Waals surface area contributed by atoms with Crippen molar-refractivity contribution in [2.24, 2.45) is 0 Å². The van der Waals surface area contributed by atoms with E-state index in [1.807, 2.05) is 82.1 Å². The molecule has 0 radical (unpaired) electrons. The average Bonchev–Trinajstić information content (AvgIpc) is 3.47. The quantitative estimate of drug-likeness (QED) is 0.103. The van der Waals surface area contributed by atoms with Crippen molar-refractivity contribution in [2.75, 3.05) is 0 Å². The van der Waals surface area contributed by atoms with Crippen LogP contribution in [0.2, 0.25) is 5.02 Å². The number of nitro benzene ring substituents is 1. The van der Waals surface area contributed by atoms with Crippen LogP contribution in [0.5, 0.6) is 0 Å². The highest BCUT2D eigenvalue weighted by Crippen LogP contribution is 2.28. The maximum Gasteiger partial charge on any atom is 0.289 e. The first-order chi connectivity index (χ1) is 24.0. The predicted molar refractivity (Wildman–Crippen MR) is 195 cm³/mol. The summed E-state index contributed by atoms with van der Waals surface area (Å²) in [4.78, 5) is 37.6. The number of nitrogens with zero attached hydrogens (tertiary/aromatic N) is 2. The highest BCUT2D eigenvalue weighted by molar-refractivity contribution is 9.10. The first-order valence-corrected chi connectivity index (χ1v) is 17.9. The maximum absolute atomic E-state index is 13.9. The van der Waals surface area contributed by atoms with Crippen LogP contribution in [0.25, 0.3) is 22.0 Å². The van der Waals surface area contributed by atoms with E-state index in [2.05, 4.69) is 21.2 Å². The van der Waals surface area contributed by atoms with E-state index in [4.69, 9.17) is 11.6 Å². The van der Waals surface area contributed by atoms with Gasteiger partial charge in [-0.1, -0.05) is 112 Å². The Hall–Kier alpha value is -5.30. The number of sulfonamides is 1. The van der Waals surface area contributed by atoms with Crippen LogP contribution >= 0.6 is 27.5 Å². The number of benzene rings is 5. The molecule has 1 aromatic heterocycles. The molecule has 0 bridgehead atoms. The summed E-state index contributed by atoms with van der Waals surface area (Å²) in [6, 6.07) is 34.1. The number of hydrogen-bond acceptors (Lipinski definition) is 6. The lowest BCUT2D eigenvalue weighted by Crippen LogP contribution is -2.49. The molecule has 252 valence electrons. The minimum atomic E-state index is -4.59. The van der Waals surface area contributed by atoms with Gasteiger partial charge in [0.2, 0.25) is 0 Å². The van der Waals surface area contributed by atoms with Crippen LogP contribution in [0, 0.1) is 10.1 Å². The van der Waals surface area contributed by atoms with Gasteiger partial charge in [-0.05, 0) is 52.6 Å². The fourth-order valence-electron chi connectivity index (χ4n) is 5.55. The first-order valence-electron chi connectivity index (χ1n) is 15.3. The van der Waals surface area contributed by atoms with Crippen molar-refractivity contribution in [1.29, 1.82) is 0 Å². The summed E-state index contributed by atoms with van der Waals surface area (Å²) in [6.07, 6.45) is 1.66. The molecular weight excluding hydrogens is 744 g/mol. The molecule has 0 aliphatic rings. The second-order valence-corrected chi connectivity index (χ2v) is 14.5. The maximum atomic E-state index is 13.9. The molecule has 1 heterocycles. The normalized spacial score (nSPS) is 12.0. The first kappa shape index (κ1) is 34.6. The Balaban J connectivity index is 1.27. The monoisotopic (exact) mass is 770 g/mol. The summed E-state index contributed by atoms with van der Waals surface area (Å²) in [6.45, 7) is 0.469. The van der Waals surface area contributed by atoms with E-state index in [1.54, 1.807) is 36.5 Å². The number of fused-ring (bicyclic) bond motifs is 1. The number of hydrogen-bond donors (Lipinski definition) is 2. The lowest BCUT2D eigenvalue weighted by atomic mass is 10.0. The lowest BCUT2D eigenvalue weighted by Gasteiger charge is -2.19. The molecule has 10 nitrogen and oxygen atoms in total. The number of carbonyl (C=O) groups excluding carboxylic acids is 2. The van der Waals surface area contributed by atoms with E-state index in [1.165, 1.54) is 0 Å². The highest BCUT2D eigenvalue weighted by atomic mass is 79.9. The molecule has 0 aliphatic carbocycles. The van der Waals surface area contributed by atoms with Gasteiger partial charge >= 0.3 is 0 Å². The second kappa shape index (κ2) is 14.7. The zero-order valence-electron chi connectivity index (χ0n) is 26.1. The van der Waals surface area contributed by atoms with E-state index in [-0.39, 0.29) is 11.4 Å². The van der Waals surface area contributed by atoms with Crippen LogP contribution in [0.3, 0.4) is 0 Å². The lowest BCUT2D eigenvalue weighted by molar-refractivity contribution is -0.384. The number of aromatic nitrogens is 1. The second-order valence-electron chi connectivity index (χ2n) is 11.4. The molecule has 0 spiro atoms. The van der Waals surface area contributed by atoms with Crippen LogP contribution < -0.4 is 10.0 Å². The fraction of sp³-hybridized carbons (Fsp3) is 0.0811. The standard InChI is InChI=1S/C37H28BrClN4O6S/c38-28-16-12-24(13-17-28)20-33(37(45)41-50(48,49)29-18-19-32(39)35(21-29)43(46)47)40-36(44)31-23-42(34-9-5-4-8-30(31)34)22-25-10-14-27(15-11-25)26-6-2-1-3-7-26/h1-19,21,23,33H,20,22H2,(H,40,44)(H,41,45)/t33-/m0/s1. The topological polar surface area (TPSA) is 140 Å². The Bertz CT molecular complexity index is 2330. The van der Waals surface area contributed by atoms with Crippen molar-refractivity contribution >= 4 is 66.0 Å². The van der Waals surface area contributed by atoms with Crippen molar-refractivity contribution in [3.8, 4) is 11.1 Å². The average molecular weight is 772 g/mol. The molecule has 2 N–H and O–H groups in total.